The molecule has 1 aromatic heterocycles. The maximum Gasteiger partial charge on any atom is 0.256 e. The molecule has 3 aromatic rings. The van der Waals surface area contributed by atoms with Crippen molar-refractivity contribution >= 4 is 34.8 Å². The fraction of sp³-hybridized carbons (Fsp3) is 0.0556. The highest BCUT2D eigenvalue weighted by Crippen LogP contribution is 2.28. The normalized spacial score (nSPS) is 10.2. The van der Waals surface area contributed by atoms with Crippen LogP contribution in [0.3, 0.4) is 0 Å². The second-order valence-corrected chi connectivity index (χ2v) is 5.51. The van der Waals surface area contributed by atoms with E-state index in [9.17, 15) is 4.79 Å². The molecule has 2 N–H and O–H groups in total. The van der Waals surface area contributed by atoms with Gasteiger partial charge in [-0.3, -0.25) is 4.79 Å². The Hall–Kier alpha value is -3.12. The monoisotopic (exact) mass is 354 g/mol. The Balaban J connectivity index is 1.66. The van der Waals surface area contributed by atoms with Crippen LogP contribution in [-0.4, -0.2) is 23.2 Å². The highest BCUT2D eigenvalue weighted by Gasteiger charge is 2.07. The van der Waals surface area contributed by atoms with Crippen molar-refractivity contribution < 1.29 is 9.53 Å². The summed E-state index contributed by atoms with van der Waals surface area (Å²) in [5.41, 5.74) is 1.31. The number of benzene rings is 2. The van der Waals surface area contributed by atoms with Crippen LogP contribution in [-0.2, 0) is 0 Å². The number of amides is 1. The average molecular weight is 355 g/mol. The van der Waals surface area contributed by atoms with Crippen LogP contribution in [0.1, 0.15) is 10.4 Å². The second-order valence-electron chi connectivity index (χ2n) is 5.10. The summed E-state index contributed by atoms with van der Waals surface area (Å²) in [6.45, 7) is 0. The summed E-state index contributed by atoms with van der Waals surface area (Å²) in [5.74, 6) is 1.25. The van der Waals surface area contributed by atoms with E-state index in [1.54, 1.807) is 55.6 Å². The predicted octanol–water partition coefficient (Wildman–Crippen LogP) is 4.13. The SMILES string of the molecule is COc1ccc(Nc2ccc(NC(=O)c3ccccc3)nn2)cc1Cl. The molecule has 0 radical (unpaired) electrons. The molecule has 0 bridgehead atoms. The van der Waals surface area contributed by atoms with Crippen molar-refractivity contribution in [2.75, 3.05) is 17.7 Å². The molecular weight excluding hydrogens is 340 g/mol. The highest BCUT2D eigenvalue weighted by molar-refractivity contribution is 6.32. The molecule has 0 atom stereocenters. The van der Waals surface area contributed by atoms with E-state index >= 15 is 0 Å². The molecule has 6 nitrogen and oxygen atoms in total. The van der Waals surface area contributed by atoms with Crippen LogP contribution < -0.4 is 15.4 Å². The molecule has 7 heteroatoms. The number of halogens is 1. The van der Waals surface area contributed by atoms with Gasteiger partial charge in [0.25, 0.3) is 5.91 Å². The number of anilines is 3. The van der Waals surface area contributed by atoms with Gasteiger partial charge in [-0.1, -0.05) is 29.8 Å². The Labute approximate surface area is 149 Å². The van der Waals surface area contributed by atoms with Crippen molar-refractivity contribution in [3.63, 3.8) is 0 Å². The lowest BCUT2D eigenvalue weighted by atomic mass is 10.2. The Bertz CT molecular complexity index is 870. The topological polar surface area (TPSA) is 76.1 Å². The third-order valence-corrected chi connectivity index (χ3v) is 3.66. The minimum atomic E-state index is -0.238. The zero-order chi connectivity index (χ0) is 17.6. The first-order chi connectivity index (χ1) is 12.2. The number of nitrogens with zero attached hydrogens (tertiary/aromatic N) is 2. The first-order valence-corrected chi connectivity index (χ1v) is 7.84. The molecule has 0 spiro atoms. The van der Waals surface area contributed by atoms with Crippen LogP contribution in [0.25, 0.3) is 0 Å². The summed E-state index contributed by atoms with van der Waals surface area (Å²) in [6.07, 6.45) is 0. The van der Waals surface area contributed by atoms with Gasteiger partial charge in [-0.05, 0) is 42.5 Å². The summed E-state index contributed by atoms with van der Waals surface area (Å²) >= 11 is 6.09. The number of carbonyl (C=O) groups excluding carboxylic acids is 1. The Morgan fingerprint density at radius 3 is 2.36 bits per heavy atom. The molecule has 126 valence electrons. The quantitative estimate of drug-likeness (QED) is 0.720. The number of rotatable bonds is 5. The fourth-order valence-corrected chi connectivity index (χ4v) is 2.39. The summed E-state index contributed by atoms with van der Waals surface area (Å²) in [6, 6.07) is 17.6. The minimum absolute atomic E-state index is 0.238. The smallest absolute Gasteiger partial charge is 0.256 e. The van der Waals surface area contributed by atoms with Gasteiger partial charge in [0, 0.05) is 11.3 Å². The van der Waals surface area contributed by atoms with Crippen LogP contribution in [0.4, 0.5) is 17.3 Å². The summed E-state index contributed by atoms with van der Waals surface area (Å²) < 4.78 is 5.11. The van der Waals surface area contributed by atoms with Gasteiger partial charge in [0.15, 0.2) is 11.6 Å². The number of nitrogens with one attached hydrogen (secondary N) is 2. The van der Waals surface area contributed by atoms with Crippen molar-refractivity contribution in [1.82, 2.24) is 10.2 Å². The van der Waals surface area contributed by atoms with Gasteiger partial charge in [-0.2, -0.15) is 0 Å². The second kappa shape index (κ2) is 7.63. The standard InChI is InChI=1S/C18H15ClN4O2/c1-25-15-8-7-13(11-14(15)19)20-16-9-10-17(23-22-16)21-18(24)12-5-3-2-4-6-12/h2-11H,1H3,(H,20,22)(H,21,23,24). The maximum absolute atomic E-state index is 12.1. The van der Waals surface area contributed by atoms with Crippen LogP contribution in [0.15, 0.2) is 60.7 Å². The summed E-state index contributed by atoms with van der Waals surface area (Å²) in [4.78, 5) is 12.1. The van der Waals surface area contributed by atoms with E-state index in [1.807, 2.05) is 12.1 Å². The molecule has 0 aliphatic heterocycles. The van der Waals surface area contributed by atoms with Gasteiger partial charge >= 0.3 is 0 Å². The van der Waals surface area contributed by atoms with Crippen LogP contribution in [0, 0.1) is 0 Å². The molecule has 0 unspecified atom stereocenters. The number of methoxy groups -OCH3 is 1. The Kier molecular flexibility index (Phi) is 5.11. The van der Waals surface area contributed by atoms with Crippen LogP contribution >= 0.6 is 11.6 Å². The molecule has 3 rings (SSSR count). The number of ether oxygens (including phenoxy) is 1. The van der Waals surface area contributed by atoms with Crippen LogP contribution in [0.5, 0.6) is 5.75 Å². The molecule has 1 heterocycles. The summed E-state index contributed by atoms with van der Waals surface area (Å²) in [7, 11) is 1.56. The maximum atomic E-state index is 12.1. The molecule has 0 aliphatic rings. The van der Waals surface area contributed by atoms with Gasteiger partial charge in [-0.15, -0.1) is 10.2 Å². The molecule has 0 aliphatic carbocycles. The number of carbonyl (C=O) groups is 1. The first-order valence-electron chi connectivity index (χ1n) is 7.46. The first kappa shape index (κ1) is 16.7. The van der Waals surface area contributed by atoms with Gasteiger partial charge < -0.3 is 15.4 Å². The number of aromatic nitrogens is 2. The molecule has 0 fully saturated rings. The molecule has 0 saturated heterocycles. The van der Waals surface area contributed by atoms with E-state index in [0.717, 1.165) is 5.69 Å². The lowest BCUT2D eigenvalue weighted by Crippen LogP contribution is -2.13. The van der Waals surface area contributed by atoms with Gasteiger partial charge in [0.2, 0.25) is 0 Å². The van der Waals surface area contributed by atoms with Gasteiger partial charge in [-0.25, -0.2) is 0 Å². The van der Waals surface area contributed by atoms with E-state index in [0.29, 0.717) is 28.0 Å². The highest BCUT2D eigenvalue weighted by atomic mass is 35.5. The van der Waals surface area contributed by atoms with E-state index in [4.69, 9.17) is 16.3 Å². The lowest BCUT2D eigenvalue weighted by molar-refractivity contribution is 0.102. The van der Waals surface area contributed by atoms with Crippen LogP contribution in [0.2, 0.25) is 5.02 Å². The predicted molar refractivity (Wildman–Crippen MR) is 97.7 cm³/mol. The Morgan fingerprint density at radius 2 is 1.72 bits per heavy atom. The summed E-state index contributed by atoms with van der Waals surface area (Å²) in [5, 5.41) is 14.3. The Morgan fingerprint density at radius 1 is 1.00 bits per heavy atom. The minimum Gasteiger partial charge on any atom is -0.495 e. The number of hydrogen-bond donors (Lipinski definition) is 2. The van der Waals surface area contributed by atoms with E-state index in [1.165, 1.54) is 0 Å². The largest absolute Gasteiger partial charge is 0.495 e. The van der Waals surface area contributed by atoms with E-state index < -0.39 is 0 Å². The number of hydrogen-bond acceptors (Lipinski definition) is 5. The third-order valence-electron chi connectivity index (χ3n) is 3.37. The van der Waals surface area contributed by atoms with Crippen molar-refractivity contribution in [1.29, 1.82) is 0 Å². The molecule has 0 saturated carbocycles. The van der Waals surface area contributed by atoms with Crippen molar-refractivity contribution in [3.8, 4) is 5.75 Å². The fourth-order valence-electron chi connectivity index (χ4n) is 2.14. The van der Waals surface area contributed by atoms with Gasteiger partial charge in [0.1, 0.15) is 5.75 Å². The van der Waals surface area contributed by atoms with E-state index in [2.05, 4.69) is 20.8 Å². The van der Waals surface area contributed by atoms with E-state index in [-0.39, 0.29) is 5.91 Å². The third kappa shape index (κ3) is 4.24. The van der Waals surface area contributed by atoms with Crippen molar-refractivity contribution in [2.45, 2.75) is 0 Å². The zero-order valence-corrected chi connectivity index (χ0v) is 14.1. The van der Waals surface area contributed by atoms with Gasteiger partial charge in [0.05, 0.1) is 12.1 Å². The van der Waals surface area contributed by atoms with Crippen molar-refractivity contribution in [2.24, 2.45) is 0 Å². The van der Waals surface area contributed by atoms with Crippen molar-refractivity contribution in [3.05, 3.63) is 71.2 Å². The zero-order valence-electron chi connectivity index (χ0n) is 13.4. The molecule has 1 amide bonds. The molecule has 2 aromatic carbocycles. The molecular formula is C18H15ClN4O2. The molecule has 25 heavy (non-hydrogen) atoms. The average Bonchev–Trinajstić information content (AvgIpc) is 2.64. The lowest BCUT2D eigenvalue weighted by Gasteiger charge is -2.09.